The molecule has 0 saturated carbocycles. The highest BCUT2D eigenvalue weighted by Gasteiger charge is 2.04. The molecular weight excluding hydrogens is 268 g/mol. The molecule has 0 aliphatic rings. The third-order valence-electron chi connectivity index (χ3n) is 2.94. The average molecular weight is 286 g/mol. The van der Waals surface area contributed by atoms with Gasteiger partial charge >= 0.3 is 0 Å². The molecule has 0 N–H and O–H groups in total. The molecule has 0 saturated heterocycles. The van der Waals surface area contributed by atoms with E-state index in [4.69, 9.17) is 14.2 Å². The van der Waals surface area contributed by atoms with Gasteiger partial charge in [-0.3, -0.25) is 4.79 Å². The minimum absolute atomic E-state index is 0.378. The van der Waals surface area contributed by atoms with Crippen molar-refractivity contribution in [2.24, 2.45) is 0 Å². The first kappa shape index (κ1) is 15.1. The van der Waals surface area contributed by atoms with Crippen molar-refractivity contribution in [3.05, 3.63) is 59.7 Å². The standard InChI is InChI=1S/C17H18O4/c1-19-17-8-7-14(12-18)11-15(17)13-20-9-10-21-16-5-3-2-4-6-16/h2-8,11-12H,9-10,13H2,1H3. The molecule has 0 aliphatic carbocycles. The van der Waals surface area contributed by atoms with Gasteiger partial charge in [0, 0.05) is 11.1 Å². The molecule has 0 radical (unpaired) electrons. The lowest BCUT2D eigenvalue weighted by molar-refractivity contribution is 0.0875. The van der Waals surface area contributed by atoms with Crippen molar-refractivity contribution in [1.82, 2.24) is 0 Å². The van der Waals surface area contributed by atoms with Crippen LogP contribution in [-0.4, -0.2) is 26.6 Å². The molecule has 0 amide bonds. The van der Waals surface area contributed by atoms with Crippen LogP contribution in [0.2, 0.25) is 0 Å². The van der Waals surface area contributed by atoms with Gasteiger partial charge in [-0.15, -0.1) is 0 Å². The quantitative estimate of drug-likeness (QED) is 0.552. The summed E-state index contributed by atoms with van der Waals surface area (Å²) in [6.45, 7) is 1.31. The lowest BCUT2D eigenvalue weighted by Gasteiger charge is -2.10. The van der Waals surface area contributed by atoms with Crippen LogP contribution in [0, 0.1) is 0 Å². The van der Waals surface area contributed by atoms with Crippen LogP contribution >= 0.6 is 0 Å². The summed E-state index contributed by atoms with van der Waals surface area (Å²) in [4.78, 5) is 10.8. The summed E-state index contributed by atoms with van der Waals surface area (Å²) in [6, 6.07) is 14.8. The number of rotatable bonds is 8. The molecule has 0 unspecified atom stereocenters. The zero-order valence-corrected chi connectivity index (χ0v) is 12.0. The van der Waals surface area contributed by atoms with E-state index in [1.54, 1.807) is 25.3 Å². The summed E-state index contributed by atoms with van der Waals surface area (Å²) in [5.74, 6) is 1.53. The molecule has 2 rings (SSSR count). The Kier molecular flexibility index (Phi) is 5.79. The second-order valence-electron chi connectivity index (χ2n) is 4.40. The highest BCUT2D eigenvalue weighted by molar-refractivity contribution is 5.75. The topological polar surface area (TPSA) is 44.8 Å². The zero-order valence-electron chi connectivity index (χ0n) is 12.0. The van der Waals surface area contributed by atoms with Gasteiger partial charge in [-0.1, -0.05) is 18.2 Å². The molecule has 0 aromatic heterocycles. The molecular formula is C17H18O4. The monoisotopic (exact) mass is 286 g/mol. The molecule has 110 valence electrons. The predicted molar refractivity (Wildman–Crippen MR) is 80.0 cm³/mol. The molecule has 0 aliphatic heterocycles. The van der Waals surface area contributed by atoms with Gasteiger partial charge in [-0.2, -0.15) is 0 Å². The number of methoxy groups -OCH3 is 1. The molecule has 0 atom stereocenters. The molecule has 4 nitrogen and oxygen atoms in total. The summed E-state index contributed by atoms with van der Waals surface area (Å²) in [5, 5.41) is 0. The normalized spacial score (nSPS) is 10.1. The van der Waals surface area contributed by atoms with Crippen LogP contribution in [-0.2, 0) is 11.3 Å². The highest BCUT2D eigenvalue weighted by atomic mass is 16.5. The largest absolute Gasteiger partial charge is 0.496 e. The second kappa shape index (κ2) is 8.07. The van der Waals surface area contributed by atoms with Crippen LogP contribution in [0.15, 0.2) is 48.5 Å². The second-order valence-corrected chi connectivity index (χ2v) is 4.40. The Morgan fingerprint density at radius 3 is 2.57 bits per heavy atom. The van der Waals surface area contributed by atoms with E-state index in [0.717, 1.165) is 17.6 Å². The molecule has 2 aromatic rings. The van der Waals surface area contributed by atoms with Gasteiger partial charge in [0.15, 0.2) is 0 Å². The van der Waals surface area contributed by atoms with E-state index in [0.29, 0.717) is 31.1 Å². The summed E-state index contributed by atoms with van der Waals surface area (Å²) in [7, 11) is 1.60. The van der Waals surface area contributed by atoms with Gasteiger partial charge in [-0.05, 0) is 30.3 Å². The van der Waals surface area contributed by atoms with Crippen molar-refractivity contribution >= 4 is 6.29 Å². The van der Waals surface area contributed by atoms with Crippen molar-refractivity contribution in [3.63, 3.8) is 0 Å². The van der Waals surface area contributed by atoms with E-state index in [1.807, 2.05) is 30.3 Å². The van der Waals surface area contributed by atoms with Gasteiger partial charge in [0.25, 0.3) is 0 Å². The number of hydrogen-bond donors (Lipinski definition) is 0. The number of benzene rings is 2. The minimum Gasteiger partial charge on any atom is -0.496 e. The first-order valence-electron chi connectivity index (χ1n) is 6.71. The molecule has 0 bridgehead atoms. The van der Waals surface area contributed by atoms with E-state index < -0.39 is 0 Å². The Bertz CT molecular complexity index is 566. The SMILES string of the molecule is COc1ccc(C=O)cc1COCCOc1ccccc1. The summed E-state index contributed by atoms with van der Waals surface area (Å²) < 4.78 is 16.3. The summed E-state index contributed by atoms with van der Waals surface area (Å²) >= 11 is 0. The molecule has 4 heteroatoms. The third kappa shape index (κ3) is 4.61. The van der Waals surface area contributed by atoms with Crippen LogP contribution in [0.25, 0.3) is 0 Å². The fourth-order valence-electron chi connectivity index (χ4n) is 1.90. The number of carbonyl (C=O) groups excluding carboxylic acids is 1. The van der Waals surface area contributed by atoms with E-state index in [2.05, 4.69) is 0 Å². The van der Waals surface area contributed by atoms with Crippen LogP contribution in [0.5, 0.6) is 11.5 Å². The minimum atomic E-state index is 0.378. The Morgan fingerprint density at radius 2 is 1.86 bits per heavy atom. The Morgan fingerprint density at radius 1 is 1.05 bits per heavy atom. The van der Waals surface area contributed by atoms with Crippen LogP contribution in [0.1, 0.15) is 15.9 Å². The van der Waals surface area contributed by atoms with Gasteiger partial charge in [0.2, 0.25) is 0 Å². The molecule has 0 spiro atoms. The number of ether oxygens (including phenoxy) is 3. The lowest BCUT2D eigenvalue weighted by atomic mass is 10.1. The van der Waals surface area contributed by atoms with Crippen molar-refractivity contribution < 1.29 is 19.0 Å². The van der Waals surface area contributed by atoms with Gasteiger partial charge in [0.05, 0.1) is 20.3 Å². The fourth-order valence-corrected chi connectivity index (χ4v) is 1.90. The molecule has 0 heterocycles. The van der Waals surface area contributed by atoms with E-state index in [1.165, 1.54) is 0 Å². The van der Waals surface area contributed by atoms with Gasteiger partial charge in [-0.25, -0.2) is 0 Å². The first-order chi connectivity index (χ1) is 10.3. The van der Waals surface area contributed by atoms with Crippen LogP contribution < -0.4 is 9.47 Å². The number of para-hydroxylation sites is 1. The van der Waals surface area contributed by atoms with Crippen LogP contribution in [0.4, 0.5) is 0 Å². The molecule has 0 fully saturated rings. The summed E-state index contributed by atoms with van der Waals surface area (Å²) in [6.07, 6.45) is 0.807. The maximum atomic E-state index is 10.8. The van der Waals surface area contributed by atoms with E-state index in [-0.39, 0.29) is 0 Å². The molecule has 2 aromatic carbocycles. The van der Waals surface area contributed by atoms with Crippen molar-refractivity contribution in [2.45, 2.75) is 6.61 Å². The van der Waals surface area contributed by atoms with E-state index >= 15 is 0 Å². The Labute approximate surface area is 124 Å². The van der Waals surface area contributed by atoms with Gasteiger partial charge < -0.3 is 14.2 Å². The highest BCUT2D eigenvalue weighted by Crippen LogP contribution is 2.20. The number of hydrogen-bond acceptors (Lipinski definition) is 4. The fraction of sp³-hybridized carbons (Fsp3) is 0.235. The predicted octanol–water partition coefficient (Wildman–Crippen LogP) is 3.10. The average Bonchev–Trinajstić information content (AvgIpc) is 2.55. The Balaban J connectivity index is 1.79. The zero-order chi connectivity index (χ0) is 14.9. The third-order valence-corrected chi connectivity index (χ3v) is 2.94. The van der Waals surface area contributed by atoms with Crippen molar-refractivity contribution in [1.29, 1.82) is 0 Å². The number of carbonyl (C=O) groups is 1. The lowest BCUT2D eigenvalue weighted by Crippen LogP contribution is -2.07. The maximum absolute atomic E-state index is 10.8. The van der Waals surface area contributed by atoms with Crippen molar-refractivity contribution in [3.8, 4) is 11.5 Å². The van der Waals surface area contributed by atoms with E-state index in [9.17, 15) is 4.79 Å². The maximum Gasteiger partial charge on any atom is 0.150 e. The Hall–Kier alpha value is -2.33. The number of aldehydes is 1. The van der Waals surface area contributed by atoms with Crippen LogP contribution in [0.3, 0.4) is 0 Å². The van der Waals surface area contributed by atoms with Crippen molar-refractivity contribution in [2.75, 3.05) is 20.3 Å². The van der Waals surface area contributed by atoms with Gasteiger partial charge in [0.1, 0.15) is 24.4 Å². The smallest absolute Gasteiger partial charge is 0.150 e. The molecule has 21 heavy (non-hydrogen) atoms. The first-order valence-corrected chi connectivity index (χ1v) is 6.71. The summed E-state index contributed by atoms with van der Waals surface area (Å²) in [5.41, 5.74) is 1.46.